The number of hydrogen-bond donors (Lipinski definition) is 1. The second-order valence-electron chi connectivity index (χ2n) is 6.52. The third-order valence-corrected chi connectivity index (χ3v) is 8.93. The van der Waals surface area contributed by atoms with Crippen LogP contribution in [0.15, 0.2) is 34.3 Å². The van der Waals surface area contributed by atoms with Gasteiger partial charge in [0.05, 0.1) is 22.5 Å². The van der Waals surface area contributed by atoms with E-state index >= 15 is 0 Å². The molecule has 0 spiro atoms. The molecule has 0 unspecified atom stereocenters. The van der Waals surface area contributed by atoms with E-state index < -0.39 is 5.97 Å². The average molecular weight is 722 g/mol. The Hall–Kier alpha value is -1.33. The first kappa shape index (κ1) is 24.8. The van der Waals surface area contributed by atoms with E-state index in [4.69, 9.17) is 9.47 Å². The van der Waals surface area contributed by atoms with Gasteiger partial charge in [-0.3, -0.25) is 4.79 Å². The molecular weight excluding hydrogens is 708 g/mol. The Morgan fingerprint density at radius 2 is 1.82 bits per heavy atom. The molecule has 170 valence electrons. The monoisotopic (exact) mass is 721 g/mol. The zero-order valence-corrected chi connectivity index (χ0v) is 24.4. The number of carbonyl (C=O) groups excluding carboxylic acids is 1. The van der Waals surface area contributed by atoms with Crippen LogP contribution in [0.1, 0.15) is 11.1 Å². The summed E-state index contributed by atoms with van der Waals surface area (Å²) >= 11 is 11.9. The summed E-state index contributed by atoms with van der Waals surface area (Å²) in [7, 11) is 1.42. The van der Waals surface area contributed by atoms with Crippen LogP contribution >= 0.6 is 45.3 Å². The normalized spacial score (nSPS) is 12.0. The molecular formula is C21H13O5S6W-. The topological polar surface area (TPSA) is 72.8 Å². The molecule has 12 heteroatoms. The van der Waals surface area contributed by atoms with Gasteiger partial charge in [0.25, 0.3) is 0 Å². The first-order valence-corrected chi connectivity index (χ1v) is 18.0. The van der Waals surface area contributed by atoms with Crippen molar-refractivity contribution in [1.29, 1.82) is 0 Å². The zero-order valence-electron chi connectivity index (χ0n) is 16.5. The summed E-state index contributed by atoms with van der Waals surface area (Å²) in [6.45, 7) is 1.00. The van der Waals surface area contributed by atoms with Crippen molar-refractivity contribution < 1.29 is 42.2 Å². The number of rotatable bonds is 6. The fraction of sp³-hybridized carbons (Fsp3) is 0.143. The van der Waals surface area contributed by atoms with Crippen LogP contribution < -0.4 is 9.47 Å². The summed E-state index contributed by atoms with van der Waals surface area (Å²) in [6.07, 6.45) is 1.84. The Bertz CT molecular complexity index is 1340. The van der Waals surface area contributed by atoms with Crippen molar-refractivity contribution in [1.82, 2.24) is 0 Å². The average Bonchev–Trinajstić information content (AvgIpc) is 3.58. The minimum absolute atomic E-state index is 0.0712. The van der Waals surface area contributed by atoms with E-state index in [0.29, 0.717) is 24.5 Å². The standard InChI is InChI=1S/C21H13O5S4.S2.W/c22-7-11-5-17(27-8-11)16-2-1-15(30-16)13-9-28-20(12(13)6-18(23)24)21-19-14(10-29-21)25-3-4-26-19;1-2;/h1-2,5,8-10H,3-4,6H2,(H,23,24);;/q-1;;. The van der Waals surface area contributed by atoms with Crippen LogP contribution in [0.5, 0.6) is 11.5 Å². The molecule has 5 rings (SSSR count). The van der Waals surface area contributed by atoms with E-state index in [-0.39, 0.29) is 6.42 Å². The van der Waals surface area contributed by atoms with Crippen LogP contribution in [0, 0.1) is 0 Å². The van der Waals surface area contributed by atoms with Gasteiger partial charge in [-0.15, -0.1) is 51.0 Å². The number of carboxylic acid groups (broad SMARTS) is 1. The number of aliphatic carboxylic acids is 1. The second-order valence-corrected chi connectivity index (χ2v) is 15.2. The number of carbonyl (C=O) groups is 1. The van der Waals surface area contributed by atoms with Gasteiger partial charge in [-0.05, 0) is 22.6 Å². The quantitative estimate of drug-likeness (QED) is 0.255. The summed E-state index contributed by atoms with van der Waals surface area (Å²) in [6, 6.07) is 5.83. The molecule has 0 radical (unpaired) electrons. The molecule has 1 aliphatic rings. The van der Waals surface area contributed by atoms with Crippen LogP contribution in [-0.4, -0.2) is 30.6 Å². The Morgan fingerprint density at radius 1 is 1.09 bits per heavy atom. The fourth-order valence-electron chi connectivity index (χ4n) is 3.26. The molecule has 0 atom stereocenters. The minimum atomic E-state index is -0.875. The molecule has 0 aliphatic carbocycles. The second kappa shape index (κ2) is 11.4. The molecule has 4 aromatic heterocycles. The number of carboxylic acids is 1. The number of thiophene rings is 4. The van der Waals surface area contributed by atoms with Crippen molar-refractivity contribution >= 4 is 76.3 Å². The summed E-state index contributed by atoms with van der Waals surface area (Å²) in [5.74, 6) is 0.547. The summed E-state index contributed by atoms with van der Waals surface area (Å²) in [5, 5.41) is 15.3. The summed E-state index contributed by atoms with van der Waals surface area (Å²) < 4.78 is 11.5. The molecule has 5 nitrogen and oxygen atoms in total. The van der Waals surface area contributed by atoms with Crippen LogP contribution in [0.2, 0.25) is 0 Å². The van der Waals surface area contributed by atoms with Crippen molar-refractivity contribution in [3.05, 3.63) is 45.5 Å². The Kier molecular flexibility index (Phi) is 8.56. The van der Waals surface area contributed by atoms with Gasteiger partial charge in [-0.1, -0.05) is 0 Å². The third kappa shape index (κ3) is 5.50. The van der Waals surface area contributed by atoms with E-state index in [2.05, 4.69) is 11.2 Å². The van der Waals surface area contributed by atoms with E-state index in [9.17, 15) is 14.7 Å². The number of fused-ring (bicyclic) bond motifs is 1. The fourth-order valence-corrected chi connectivity index (χ4v) is 7.53. The van der Waals surface area contributed by atoms with Crippen molar-refractivity contribution in [3.63, 3.8) is 0 Å². The SMILES string of the molecule is O=[C-]c1csc(-c2ccc(-c3csc(-c4scc5c4OCCO5)c3CC(=O)O)s2)c1.S=[S]=[W]. The van der Waals surface area contributed by atoms with Gasteiger partial charge < -0.3 is 19.4 Å². The predicted molar refractivity (Wildman–Crippen MR) is 136 cm³/mol. The van der Waals surface area contributed by atoms with Gasteiger partial charge in [0.2, 0.25) is 0 Å². The van der Waals surface area contributed by atoms with Crippen LogP contribution in [0.4, 0.5) is 0 Å². The first-order valence-electron chi connectivity index (χ1n) is 9.24. The van der Waals surface area contributed by atoms with Gasteiger partial charge in [-0.25, -0.2) is 11.3 Å². The molecule has 4 aromatic rings. The van der Waals surface area contributed by atoms with E-state index in [1.807, 2.05) is 35.2 Å². The van der Waals surface area contributed by atoms with Gasteiger partial charge in [-0.2, -0.15) is 0 Å². The maximum absolute atomic E-state index is 11.6. The molecule has 0 fully saturated rings. The van der Waals surface area contributed by atoms with E-state index in [1.54, 1.807) is 16.7 Å². The Labute approximate surface area is 223 Å². The third-order valence-electron chi connectivity index (χ3n) is 4.56. The number of ether oxygens (including phenoxy) is 2. The molecule has 0 saturated carbocycles. The molecule has 33 heavy (non-hydrogen) atoms. The maximum atomic E-state index is 11.6. The molecule has 0 saturated heterocycles. The van der Waals surface area contributed by atoms with Gasteiger partial charge in [0, 0.05) is 26.1 Å². The van der Waals surface area contributed by atoms with Crippen molar-refractivity contribution in [2.75, 3.05) is 13.2 Å². The van der Waals surface area contributed by atoms with Crippen LogP contribution in [-0.2, 0) is 52.7 Å². The van der Waals surface area contributed by atoms with Crippen molar-refractivity contribution in [2.45, 2.75) is 6.42 Å². The van der Waals surface area contributed by atoms with Gasteiger partial charge in [0.15, 0.2) is 11.5 Å². The molecule has 0 aromatic carbocycles. The zero-order chi connectivity index (χ0) is 23.4. The van der Waals surface area contributed by atoms with Gasteiger partial charge in [0.1, 0.15) is 13.2 Å². The summed E-state index contributed by atoms with van der Waals surface area (Å²) in [4.78, 5) is 27.4. The Balaban J connectivity index is 0.000000821. The molecule has 1 N–H and O–H groups in total. The Morgan fingerprint density at radius 3 is 2.55 bits per heavy atom. The number of hydrogen-bond acceptors (Lipinski definition) is 9. The van der Waals surface area contributed by atoms with Crippen LogP contribution in [0.3, 0.4) is 0 Å². The van der Waals surface area contributed by atoms with E-state index in [1.165, 1.54) is 59.5 Å². The first-order chi connectivity index (χ1) is 16.0. The molecule has 5 heterocycles. The molecule has 0 amide bonds. The summed E-state index contributed by atoms with van der Waals surface area (Å²) in [5.41, 5.74) is 2.25. The predicted octanol–water partition coefficient (Wildman–Crippen LogP) is 5.78. The van der Waals surface area contributed by atoms with Crippen molar-refractivity contribution in [2.24, 2.45) is 0 Å². The molecule has 1 aliphatic heterocycles. The molecule has 0 bridgehead atoms. The van der Waals surface area contributed by atoms with Crippen LogP contribution in [0.25, 0.3) is 29.9 Å². The van der Waals surface area contributed by atoms with Gasteiger partial charge >= 0.3 is 42.7 Å². The van der Waals surface area contributed by atoms with E-state index in [0.717, 1.165) is 41.3 Å². The van der Waals surface area contributed by atoms with Crippen molar-refractivity contribution in [3.8, 4) is 41.4 Å².